The average Bonchev–Trinajstić information content (AvgIpc) is 2.20. The molecule has 0 saturated heterocycles. The summed E-state index contributed by atoms with van der Waals surface area (Å²) in [5, 5.41) is 8.33. The molecule has 0 aliphatic rings. The summed E-state index contributed by atoms with van der Waals surface area (Å²) in [6.07, 6.45) is -1.12. The Bertz CT molecular complexity index is 391. The van der Waals surface area contributed by atoms with Gasteiger partial charge in [0.1, 0.15) is 0 Å². The fourth-order valence-electron chi connectivity index (χ4n) is 1.16. The lowest BCUT2D eigenvalue weighted by molar-refractivity contribution is -0.122. The van der Waals surface area contributed by atoms with E-state index in [1.807, 2.05) is 0 Å². The Kier molecular flexibility index (Phi) is 6.32. The minimum absolute atomic E-state index is 0.136. The Morgan fingerprint density at radius 3 is 2.00 bits per heavy atom. The van der Waals surface area contributed by atoms with E-state index in [9.17, 15) is 19.0 Å². The quantitative estimate of drug-likeness (QED) is 0.210. The predicted molar refractivity (Wildman–Crippen MR) is 64.9 cm³/mol. The van der Waals surface area contributed by atoms with Gasteiger partial charge in [0.2, 0.25) is 5.91 Å². The van der Waals surface area contributed by atoms with Gasteiger partial charge in [-0.05, 0) is 13.3 Å². The molecule has 8 N–H and O–H groups in total. The summed E-state index contributed by atoms with van der Waals surface area (Å²) in [6, 6.07) is -0.789. The van der Waals surface area contributed by atoms with Gasteiger partial charge in [-0.15, -0.1) is 0 Å². The van der Waals surface area contributed by atoms with Crippen LogP contribution in [0.1, 0.15) is 19.8 Å². The van der Waals surface area contributed by atoms with Crippen LogP contribution in [0.25, 0.3) is 0 Å². The SMILES string of the molecule is C[C@H](N)C(=O)NCCCC(O)(P(=O)(O)O)P(=O)(O)O. The molecule has 1 amide bonds. The van der Waals surface area contributed by atoms with Crippen LogP contribution in [-0.4, -0.2) is 48.3 Å². The minimum atomic E-state index is -5.44. The maximum atomic E-state index is 11.1. The first kappa shape index (κ1) is 18.7. The number of hydrogen-bond donors (Lipinski definition) is 7. The van der Waals surface area contributed by atoms with E-state index in [0.29, 0.717) is 0 Å². The molecule has 0 rings (SSSR count). The van der Waals surface area contributed by atoms with E-state index < -0.39 is 38.6 Å². The second kappa shape index (κ2) is 6.43. The highest BCUT2D eigenvalue weighted by atomic mass is 31.2. The van der Waals surface area contributed by atoms with Crippen molar-refractivity contribution in [2.24, 2.45) is 5.73 Å². The Morgan fingerprint density at radius 2 is 1.68 bits per heavy atom. The number of nitrogens with two attached hydrogens (primary N) is 1. The van der Waals surface area contributed by atoms with Crippen LogP contribution in [0.5, 0.6) is 0 Å². The van der Waals surface area contributed by atoms with Crippen molar-refractivity contribution in [2.45, 2.75) is 30.9 Å². The Balaban J connectivity index is 4.62. The van der Waals surface area contributed by atoms with Crippen LogP contribution in [0.15, 0.2) is 0 Å². The van der Waals surface area contributed by atoms with Crippen LogP contribution >= 0.6 is 15.2 Å². The van der Waals surface area contributed by atoms with Gasteiger partial charge in [0.25, 0.3) is 5.08 Å². The highest BCUT2D eigenvalue weighted by Crippen LogP contribution is 2.69. The molecule has 0 aliphatic carbocycles. The molecule has 114 valence electrons. The van der Waals surface area contributed by atoms with Crippen LogP contribution in [0.3, 0.4) is 0 Å². The van der Waals surface area contributed by atoms with Crippen LogP contribution in [0.4, 0.5) is 0 Å². The van der Waals surface area contributed by atoms with Gasteiger partial charge in [-0.25, -0.2) is 0 Å². The summed E-state index contributed by atoms with van der Waals surface area (Å²) >= 11 is 0. The number of rotatable bonds is 7. The van der Waals surface area contributed by atoms with E-state index >= 15 is 0 Å². The summed E-state index contributed by atoms with van der Waals surface area (Å²) in [4.78, 5) is 46.4. The van der Waals surface area contributed by atoms with Crippen molar-refractivity contribution in [2.75, 3.05) is 6.54 Å². The van der Waals surface area contributed by atoms with Crippen LogP contribution in [0, 0.1) is 0 Å². The first-order chi connectivity index (χ1) is 8.33. The van der Waals surface area contributed by atoms with Crippen molar-refractivity contribution >= 4 is 21.1 Å². The number of carbonyl (C=O) groups is 1. The average molecular weight is 320 g/mol. The first-order valence-electron chi connectivity index (χ1n) is 5.20. The number of aliphatic hydroxyl groups is 1. The molecular weight excluding hydrogens is 302 g/mol. The fraction of sp³-hybridized carbons (Fsp3) is 0.857. The molecule has 0 unspecified atom stereocenters. The first-order valence-corrected chi connectivity index (χ1v) is 8.42. The fourth-order valence-corrected chi connectivity index (χ4v) is 3.42. The van der Waals surface area contributed by atoms with E-state index in [4.69, 9.17) is 25.3 Å². The number of amides is 1. The van der Waals surface area contributed by atoms with Crippen LogP contribution in [-0.2, 0) is 13.9 Å². The summed E-state index contributed by atoms with van der Waals surface area (Å²) in [5.41, 5.74) is 5.23. The van der Waals surface area contributed by atoms with Crippen molar-refractivity contribution in [1.29, 1.82) is 0 Å². The van der Waals surface area contributed by atoms with Crippen molar-refractivity contribution in [3.05, 3.63) is 0 Å². The minimum Gasteiger partial charge on any atom is -0.368 e. The Hall–Kier alpha value is -0.310. The van der Waals surface area contributed by atoms with Gasteiger partial charge in [-0.1, -0.05) is 0 Å². The van der Waals surface area contributed by atoms with Crippen molar-refractivity contribution in [3.63, 3.8) is 0 Å². The molecule has 0 heterocycles. The number of carbonyl (C=O) groups excluding carboxylic acids is 1. The third kappa shape index (κ3) is 4.94. The summed E-state index contributed by atoms with van der Waals surface area (Å²) in [7, 11) is -10.9. The highest BCUT2D eigenvalue weighted by molar-refractivity contribution is 7.72. The maximum absolute atomic E-state index is 11.1. The zero-order valence-corrected chi connectivity index (χ0v) is 11.9. The Labute approximate surface area is 109 Å². The van der Waals surface area contributed by atoms with Crippen LogP contribution in [0.2, 0.25) is 0 Å². The van der Waals surface area contributed by atoms with Gasteiger partial charge in [0, 0.05) is 13.0 Å². The predicted octanol–water partition coefficient (Wildman–Crippen LogP) is -1.77. The second-order valence-corrected chi connectivity index (χ2v) is 8.05. The second-order valence-electron chi connectivity index (χ2n) is 4.05. The zero-order valence-electron chi connectivity index (χ0n) is 10.1. The zero-order chi connectivity index (χ0) is 15.5. The largest absolute Gasteiger partial charge is 0.369 e. The Morgan fingerprint density at radius 1 is 1.26 bits per heavy atom. The lowest BCUT2D eigenvalue weighted by Crippen LogP contribution is -2.39. The molecule has 0 aromatic carbocycles. The normalized spacial score (nSPS) is 15.1. The highest BCUT2D eigenvalue weighted by Gasteiger charge is 2.58. The molecule has 0 aliphatic heterocycles. The third-order valence-corrected chi connectivity index (χ3v) is 6.21. The molecular formula is C7H18N2O8P2. The third-order valence-electron chi connectivity index (χ3n) is 2.33. The van der Waals surface area contributed by atoms with Gasteiger partial charge in [-0.2, -0.15) is 0 Å². The van der Waals surface area contributed by atoms with Crippen molar-refractivity contribution in [3.8, 4) is 0 Å². The van der Waals surface area contributed by atoms with Crippen molar-refractivity contribution in [1.82, 2.24) is 5.32 Å². The van der Waals surface area contributed by atoms with E-state index in [0.717, 1.165) is 0 Å². The molecule has 0 radical (unpaired) electrons. The molecule has 0 fully saturated rings. The monoisotopic (exact) mass is 320 g/mol. The van der Waals surface area contributed by atoms with E-state index in [2.05, 4.69) is 5.32 Å². The summed E-state index contributed by atoms with van der Waals surface area (Å²) in [6.45, 7) is 1.28. The molecule has 10 nitrogen and oxygen atoms in total. The molecule has 0 saturated carbocycles. The molecule has 0 spiro atoms. The summed E-state index contributed by atoms with van der Waals surface area (Å²) in [5.74, 6) is -0.532. The van der Waals surface area contributed by atoms with Crippen LogP contribution < -0.4 is 11.1 Å². The topological polar surface area (TPSA) is 190 Å². The molecule has 19 heavy (non-hydrogen) atoms. The van der Waals surface area contributed by atoms with E-state index in [1.165, 1.54) is 6.92 Å². The molecule has 0 aromatic heterocycles. The smallest absolute Gasteiger partial charge is 0.368 e. The lowest BCUT2D eigenvalue weighted by atomic mass is 10.3. The number of nitrogens with one attached hydrogen (secondary N) is 1. The molecule has 1 atom stereocenters. The molecule has 0 bridgehead atoms. The standard InChI is InChI=1S/C7H18N2O8P2/c1-5(8)6(10)9-4-2-3-7(11,18(12,13)14)19(15,16)17/h5,11H,2-4,8H2,1H3,(H,9,10)(H2,12,13,14)(H2,15,16,17)/t5-/m0/s1. The van der Waals surface area contributed by atoms with Gasteiger partial charge in [0.05, 0.1) is 6.04 Å². The van der Waals surface area contributed by atoms with Gasteiger partial charge >= 0.3 is 15.2 Å². The van der Waals surface area contributed by atoms with Gasteiger partial charge in [-0.3, -0.25) is 13.9 Å². The molecule has 0 aromatic rings. The lowest BCUT2D eigenvalue weighted by Gasteiger charge is -2.29. The maximum Gasteiger partial charge on any atom is 0.369 e. The van der Waals surface area contributed by atoms with Gasteiger partial charge in [0.15, 0.2) is 0 Å². The van der Waals surface area contributed by atoms with Crippen molar-refractivity contribution < 1.29 is 38.6 Å². The van der Waals surface area contributed by atoms with Gasteiger partial charge < -0.3 is 35.7 Å². The molecule has 12 heteroatoms. The van der Waals surface area contributed by atoms with E-state index in [-0.39, 0.29) is 13.0 Å². The summed E-state index contributed by atoms with van der Waals surface area (Å²) < 4.78 is 22.0. The number of hydrogen-bond acceptors (Lipinski definition) is 5. The van der Waals surface area contributed by atoms with E-state index in [1.54, 1.807) is 0 Å².